The summed E-state index contributed by atoms with van der Waals surface area (Å²) < 4.78 is 10.4. The summed E-state index contributed by atoms with van der Waals surface area (Å²) in [6, 6.07) is 9.93. The van der Waals surface area contributed by atoms with Gasteiger partial charge in [-0.3, -0.25) is 0 Å². The van der Waals surface area contributed by atoms with Crippen molar-refractivity contribution in [2.45, 2.75) is 6.54 Å². The Labute approximate surface area is 133 Å². The van der Waals surface area contributed by atoms with Gasteiger partial charge >= 0.3 is 0 Å². The second-order valence-corrected chi connectivity index (χ2v) is 4.94. The van der Waals surface area contributed by atoms with Crippen molar-refractivity contribution in [2.24, 2.45) is 0 Å². The van der Waals surface area contributed by atoms with E-state index in [0.717, 1.165) is 11.3 Å². The molecule has 0 amide bonds. The molecule has 0 bridgehead atoms. The summed E-state index contributed by atoms with van der Waals surface area (Å²) in [5.41, 5.74) is 1.84. The lowest BCUT2D eigenvalue weighted by molar-refractivity contribution is -0.255. The van der Waals surface area contributed by atoms with Gasteiger partial charge in [-0.1, -0.05) is 23.7 Å². The SMILES string of the molecule is COc1cc(CNc2ccc(C(=O)[O-])cc2)cc(Cl)c1OC. The zero-order valence-electron chi connectivity index (χ0n) is 12.2. The molecule has 116 valence electrons. The number of rotatable bonds is 6. The molecule has 6 heteroatoms. The van der Waals surface area contributed by atoms with Crippen LogP contribution in [0.1, 0.15) is 15.9 Å². The first-order valence-corrected chi connectivity index (χ1v) is 6.88. The van der Waals surface area contributed by atoms with E-state index in [1.165, 1.54) is 19.2 Å². The highest BCUT2D eigenvalue weighted by molar-refractivity contribution is 6.32. The Morgan fingerprint density at radius 1 is 1.18 bits per heavy atom. The Kier molecular flexibility index (Phi) is 5.12. The van der Waals surface area contributed by atoms with Crippen LogP contribution in [0.3, 0.4) is 0 Å². The Balaban J connectivity index is 2.11. The van der Waals surface area contributed by atoms with Gasteiger partial charge < -0.3 is 24.7 Å². The molecule has 22 heavy (non-hydrogen) atoms. The number of carbonyl (C=O) groups is 1. The number of ether oxygens (including phenoxy) is 2. The summed E-state index contributed by atoms with van der Waals surface area (Å²) in [7, 11) is 3.07. The Morgan fingerprint density at radius 3 is 2.41 bits per heavy atom. The smallest absolute Gasteiger partial charge is 0.179 e. The highest BCUT2D eigenvalue weighted by atomic mass is 35.5. The van der Waals surface area contributed by atoms with Gasteiger partial charge in [0.2, 0.25) is 0 Å². The average Bonchev–Trinajstić information content (AvgIpc) is 2.52. The van der Waals surface area contributed by atoms with Crippen LogP contribution < -0.4 is 19.9 Å². The third-order valence-electron chi connectivity index (χ3n) is 3.11. The number of nitrogens with one attached hydrogen (secondary N) is 1. The van der Waals surface area contributed by atoms with Crippen LogP contribution in [0.2, 0.25) is 5.02 Å². The van der Waals surface area contributed by atoms with Crippen molar-refractivity contribution < 1.29 is 19.4 Å². The number of halogens is 1. The molecule has 0 spiro atoms. The van der Waals surface area contributed by atoms with Crippen molar-refractivity contribution in [3.05, 3.63) is 52.5 Å². The fraction of sp³-hybridized carbons (Fsp3) is 0.188. The van der Waals surface area contributed by atoms with Gasteiger partial charge in [-0.25, -0.2) is 0 Å². The fourth-order valence-electron chi connectivity index (χ4n) is 2.00. The van der Waals surface area contributed by atoms with E-state index in [9.17, 15) is 9.90 Å². The number of aromatic carboxylic acids is 1. The fourth-order valence-corrected chi connectivity index (χ4v) is 2.31. The van der Waals surface area contributed by atoms with Gasteiger partial charge in [0.15, 0.2) is 11.5 Å². The second-order valence-electron chi connectivity index (χ2n) is 4.53. The maximum absolute atomic E-state index is 10.7. The van der Waals surface area contributed by atoms with Crippen LogP contribution in [0.25, 0.3) is 0 Å². The van der Waals surface area contributed by atoms with Crippen LogP contribution in [0, 0.1) is 0 Å². The van der Waals surface area contributed by atoms with E-state index in [-0.39, 0.29) is 5.56 Å². The Morgan fingerprint density at radius 2 is 1.86 bits per heavy atom. The maximum Gasteiger partial charge on any atom is 0.179 e. The van der Waals surface area contributed by atoms with Crippen LogP contribution in [-0.2, 0) is 6.54 Å². The lowest BCUT2D eigenvalue weighted by Gasteiger charge is -2.13. The zero-order chi connectivity index (χ0) is 16.1. The van der Waals surface area contributed by atoms with E-state index >= 15 is 0 Å². The van der Waals surface area contributed by atoms with E-state index in [1.807, 2.05) is 6.07 Å². The van der Waals surface area contributed by atoms with E-state index in [4.69, 9.17) is 21.1 Å². The number of carboxylic acids is 1. The molecule has 0 aliphatic carbocycles. The van der Waals surface area contributed by atoms with Gasteiger partial charge in [0.05, 0.1) is 25.2 Å². The highest BCUT2D eigenvalue weighted by Crippen LogP contribution is 2.36. The lowest BCUT2D eigenvalue weighted by atomic mass is 10.1. The molecule has 0 aromatic heterocycles. The van der Waals surface area contributed by atoms with Crippen LogP contribution in [-0.4, -0.2) is 20.2 Å². The molecule has 2 aromatic carbocycles. The molecule has 0 fully saturated rings. The normalized spacial score (nSPS) is 10.1. The average molecular weight is 321 g/mol. The number of anilines is 1. The van der Waals surface area contributed by atoms with Crippen molar-refractivity contribution >= 4 is 23.3 Å². The van der Waals surface area contributed by atoms with Crippen LogP contribution in [0.15, 0.2) is 36.4 Å². The first-order chi connectivity index (χ1) is 10.5. The van der Waals surface area contributed by atoms with Crippen molar-refractivity contribution in [2.75, 3.05) is 19.5 Å². The number of hydrogen-bond acceptors (Lipinski definition) is 5. The molecule has 0 aliphatic rings. The van der Waals surface area contributed by atoms with E-state index in [2.05, 4.69) is 5.32 Å². The maximum atomic E-state index is 10.7. The minimum absolute atomic E-state index is 0.139. The minimum Gasteiger partial charge on any atom is -0.545 e. The topological polar surface area (TPSA) is 70.6 Å². The number of hydrogen-bond donors (Lipinski definition) is 1. The molecule has 0 saturated carbocycles. The van der Waals surface area contributed by atoms with Gasteiger partial charge in [-0.15, -0.1) is 0 Å². The molecule has 2 aromatic rings. The Bertz CT molecular complexity index is 671. The van der Waals surface area contributed by atoms with Gasteiger partial charge in [0.25, 0.3) is 0 Å². The number of carboxylic acid groups (broad SMARTS) is 1. The monoisotopic (exact) mass is 320 g/mol. The van der Waals surface area contributed by atoms with Gasteiger partial charge in [0, 0.05) is 12.2 Å². The summed E-state index contributed by atoms with van der Waals surface area (Å²) >= 11 is 6.15. The number of methoxy groups -OCH3 is 2. The van der Waals surface area contributed by atoms with E-state index in [0.29, 0.717) is 23.1 Å². The predicted octanol–water partition coefficient (Wildman–Crippen LogP) is 2.33. The summed E-state index contributed by atoms with van der Waals surface area (Å²) in [4.78, 5) is 10.7. The third-order valence-corrected chi connectivity index (χ3v) is 3.39. The molecule has 1 N–H and O–H groups in total. The largest absolute Gasteiger partial charge is 0.545 e. The lowest BCUT2D eigenvalue weighted by Crippen LogP contribution is -2.21. The molecular formula is C16H15ClNO4-. The first kappa shape index (κ1) is 16.0. The zero-order valence-corrected chi connectivity index (χ0v) is 12.9. The van der Waals surface area contributed by atoms with Crippen molar-refractivity contribution in [3.8, 4) is 11.5 Å². The van der Waals surface area contributed by atoms with Crippen LogP contribution in [0.4, 0.5) is 5.69 Å². The van der Waals surface area contributed by atoms with E-state index in [1.54, 1.807) is 25.3 Å². The summed E-state index contributed by atoms with van der Waals surface area (Å²) in [6.07, 6.45) is 0. The molecule has 0 radical (unpaired) electrons. The first-order valence-electron chi connectivity index (χ1n) is 6.51. The van der Waals surface area contributed by atoms with Crippen LogP contribution in [0.5, 0.6) is 11.5 Å². The number of benzene rings is 2. The van der Waals surface area contributed by atoms with Crippen molar-refractivity contribution in [1.29, 1.82) is 0 Å². The summed E-state index contributed by atoms with van der Waals surface area (Å²) in [6.45, 7) is 0.505. The molecule has 0 aliphatic heterocycles. The van der Waals surface area contributed by atoms with Crippen molar-refractivity contribution in [3.63, 3.8) is 0 Å². The standard InChI is InChI=1S/C16H16ClNO4/c1-21-14-8-10(7-13(17)15(14)22-2)9-18-12-5-3-11(4-6-12)16(19)20/h3-8,18H,9H2,1-2H3,(H,19,20)/p-1. The van der Waals surface area contributed by atoms with Gasteiger partial charge in [-0.2, -0.15) is 0 Å². The summed E-state index contributed by atoms with van der Waals surface area (Å²) in [5, 5.41) is 14.3. The molecule has 0 saturated heterocycles. The quantitative estimate of drug-likeness (QED) is 0.884. The predicted molar refractivity (Wildman–Crippen MR) is 82.7 cm³/mol. The van der Waals surface area contributed by atoms with Crippen molar-refractivity contribution in [1.82, 2.24) is 0 Å². The highest BCUT2D eigenvalue weighted by Gasteiger charge is 2.10. The molecular weight excluding hydrogens is 306 g/mol. The van der Waals surface area contributed by atoms with Crippen LogP contribution >= 0.6 is 11.6 Å². The molecule has 0 heterocycles. The number of carbonyl (C=O) groups excluding carboxylic acids is 1. The van der Waals surface area contributed by atoms with Gasteiger partial charge in [-0.05, 0) is 35.4 Å². The molecule has 0 unspecified atom stereocenters. The minimum atomic E-state index is -1.20. The molecule has 0 atom stereocenters. The Hall–Kier alpha value is -2.40. The van der Waals surface area contributed by atoms with Gasteiger partial charge in [0.1, 0.15) is 0 Å². The third kappa shape index (κ3) is 3.62. The van der Waals surface area contributed by atoms with E-state index < -0.39 is 5.97 Å². The molecule has 5 nitrogen and oxygen atoms in total. The molecule has 2 rings (SSSR count). The summed E-state index contributed by atoms with van der Waals surface area (Å²) in [5.74, 6) is -0.149. The second kappa shape index (κ2) is 7.04.